The molecule has 10 nitrogen and oxygen atoms in total. The quantitative estimate of drug-likeness (QED) is 0.451. The summed E-state index contributed by atoms with van der Waals surface area (Å²) in [7, 11) is 0. The van der Waals surface area contributed by atoms with Gasteiger partial charge in [-0.15, -0.1) is 0 Å². The SMILES string of the molecule is CCC(=O)O[C@H]1[C@@H](OC(=O)CC)COC(Oc2ccccc2C(=O)O)[C@@H]1OC(=O)CC. The molecule has 1 aliphatic heterocycles. The van der Waals surface area contributed by atoms with Crippen molar-refractivity contribution in [3.8, 4) is 5.75 Å². The molecule has 0 radical (unpaired) electrons. The maximum absolute atomic E-state index is 12.1. The molecule has 1 saturated heterocycles. The number of carbonyl (C=O) groups excluding carboxylic acids is 3. The lowest BCUT2D eigenvalue weighted by Gasteiger charge is -2.40. The van der Waals surface area contributed by atoms with Gasteiger partial charge in [0.1, 0.15) is 11.3 Å². The molecular weight excluding hydrogens is 412 g/mol. The van der Waals surface area contributed by atoms with Crippen LogP contribution in [0.25, 0.3) is 0 Å². The fourth-order valence-corrected chi connectivity index (χ4v) is 2.81. The van der Waals surface area contributed by atoms with Crippen LogP contribution in [0.4, 0.5) is 0 Å². The number of hydrogen-bond donors (Lipinski definition) is 1. The maximum atomic E-state index is 12.1. The molecule has 1 aromatic carbocycles. The summed E-state index contributed by atoms with van der Waals surface area (Å²) < 4.78 is 27.5. The summed E-state index contributed by atoms with van der Waals surface area (Å²) in [6, 6.07) is 5.85. The van der Waals surface area contributed by atoms with E-state index in [4.69, 9.17) is 23.7 Å². The number of esters is 3. The minimum Gasteiger partial charge on any atom is -0.478 e. The Morgan fingerprint density at radius 3 is 2.03 bits per heavy atom. The Kier molecular flexibility index (Phi) is 8.80. The summed E-state index contributed by atoms with van der Waals surface area (Å²) in [5.41, 5.74) is -0.131. The number of benzene rings is 1. The highest BCUT2D eigenvalue weighted by atomic mass is 16.7. The standard InChI is InChI=1S/C21H26O10/c1-4-15(22)28-14-11-27-21(29-13-10-8-7-9-12(13)20(25)26)19(31-17(24)6-3)18(14)30-16(23)5-2/h7-10,14,18-19,21H,4-6,11H2,1-3H3,(H,25,26)/t14-,18-,19+,21?/m0/s1. The third-order valence-corrected chi connectivity index (χ3v) is 4.43. The maximum Gasteiger partial charge on any atom is 0.339 e. The molecule has 1 N–H and O–H groups in total. The predicted octanol–water partition coefficient (Wildman–Crippen LogP) is 2.09. The summed E-state index contributed by atoms with van der Waals surface area (Å²) in [5.74, 6) is -3.04. The molecule has 1 aliphatic rings. The van der Waals surface area contributed by atoms with Crippen molar-refractivity contribution in [1.29, 1.82) is 0 Å². The minimum atomic E-state index is -1.30. The Morgan fingerprint density at radius 2 is 1.45 bits per heavy atom. The molecule has 1 unspecified atom stereocenters. The monoisotopic (exact) mass is 438 g/mol. The molecule has 0 amide bonds. The number of carboxylic acid groups (broad SMARTS) is 1. The highest BCUT2D eigenvalue weighted by Gasteiger charge is 2.48. The van der Waals surface area contributed by atoms with E-state index in [-0.39, 0.29) is 37.2 Å². The number of hydrogen-bond acceptors (Lipinski definition) is 9. The van der Waals surface area contributed by atoms with Gasteiger partial charge >= 0.3 is 23.9 Å². The first-order valence-corrected chi connectivity index (χ1v) is 9.99. The van der Waals surface area contributed by atoms with E-state index in [2.05, 4.69) is 0 Å². The average molecular weight is 438 g/mol. The van der Waals surface area contributed by atoms with E-state index in [1.807, 2.05) is 0 Å². The van der Waals surface area contributed by atoms with Crippen molar-refractivity contribution in [2.75, 3.05) is 6.61 Å². The second kappa shape index (κ2) is 11.3. The van der Waals surface area contributed by atoms with Crippen LogP contribution >= 0.6 is 0 Å². The number of rotatable bonds is 9. The molecule has 170 valence electrons. The Bertz CT molecular complexity index is 805. The highest BCUT2D eigenvalue weighted by Crippen LogP contribution is 2.29. The predicted molar refractivity (Wildman–Crippen MR) is 104 cm³/mol. The number of ether oxygens (including phenoxy) is 5. The summed E-state index contributed by atoms with van der Waals surface area (Å²) in [6.07, 6.45) is -4.70. The smallest absolute Gasteiger partial charge is 0.339 e. The molecule has 1 fully saturated rings. The molecule has 0 bridgehead atoms. The molecule has 0 aromatic heterocycles. The zero-order valence-corrected chi connectivity index (χ0v) is 17.6. The third-order valence-electron chi connectivity index (χ3n) is 4.43. The Morgan fingerprint density at radius 1 is 0.903 bits per heavy atom. The molecule has 31 heavy (non-hydrogen) atoms. The van der Waals surface area contributed by atoms with Crippen molar-refractivity contribution < 1.29 is 48.0 Å². The third kappa shape index (κ3) is 6.42. The molecule has 4 atom stereocenters. The molecule has 1 heterocycles. The second-order valence-electron chi connectivity index (χ2n) is 6.62. The topological polar surface area (TPSA) is 135 Å². The van der Waals surface area contributed by atoms with Gasteiger partial charge in [-0.25, -0.2) is 4.79 Å². The lowest BCUT2D eigenvalue weighted by Crippen LogP contribution is -2.59. The van der Waals surface area contributed by atoms with Gasteiger partial charge in [-0.3, -0.25) is 14.4 Å². The van der Waals surface area contributed by atoms with Gasteiger partial charge in [-0.2, -0.15) is 0 Å². The van der Waals surface area contributed by atoms with E-state index in [0.717, 1.165) is 0 Å². The number of aromatic carboxylic acids is 1. The van der Waals surface area contributed by atoms with E-state index in [0.29, 0.717) is 0 Å². The van der Waals surface area contributed by atoms with Gasteiger partial charge in [-0.05, 0) is 12.1 Å². The first-order chi connectivity index (χ1) is 14.8. The zero-order valence-electron chi connectivity index (χ0n) is 17.6. The van der Waals surface area contributed by atoms with Crippen LogP contribution in [0.3, 0.4) is 0 Å². The first kappa shape index (κ1) is 24.1. The second-order valence-corrected chi connectivity index (χ2v) is 6.62. The van der Waals surface area contributed by atoms with Crippen molar-refractivity contribution in [2.45, 2.75) is 64.6 Å². The van der Waals surface area contributed by atoms with Gasteiger partial charge in [0.2, 0.25) is 12.4 Å². The normalized spacial score (nSPS) is 22.8. The summed E-state index contributed by atoms with van der Waals surface area (Å²) in [4.78, 5) is 47.4. The molecule has 1 aromatic rings. The van der Waals surface area contributed by atoms with Gasteiger partial charge < -0.3 is 28.8 Å². The molecule has 10 heteroatoms. The van der Waals surface area contributed by atoms with Crippen LogP contribution in [0.15, 0.2) is 24.3 Å². The van der Waals surface area contributed by atoms with Crippen molar-refractivity contribution in [1.82, 2.24) is 0 Å². The lowest BCUT2D eigenvalue weighted by atomic mass is 10.0. The zero-order chi connectivity index (χ0) is 23.0. The number of para-hydroxylation sites is 1. The fourth-order valence-electron chi connectivity index (χ4n) is 2.81. The molecule has 0 saturated carbocycles. The minimum absolute atomic E-state index is 0.0167. The Labute approximate surface area is 179 Å². The van der Waals surface area contributed by atoms with Crippen LogP contribution in [0, 0.1) is 0 Å². The summed E-state index contributed by atoms with van der Waals surface area (Å²) >= 11 is 0. The van der Waals surface area contributed by atoms with Crippen molar-refractivity contribution in [3.63, 3.8) is 0 Å². The Hall–Kier alpha value is -3.14. The van der Waals surface area contributed by atoms with E-state index in [9.17, 15) is 24.3 Å². The van der Waals surface area contributed by atoms with Gasteiger partial charge in [0.15, 0.2) is 12.2 Å². The average Bonchev–Trinajstić information content (AvgIpc) is 2.77. The van der Waals surface area contributed by atoms with Gasteiger partial charge in [0.05, 0.1) is 6.61 Å². The van der Waals surface area contributed by atoms with Crippen molar-refractivity contribution >= 4 is 23.9 Å². The van der Waals surface area contributed by atoms with Crippen LogP contribution in [0.5, 0.6) is 5.75 Å². The fraction of sp³-hybridized carbons (Fsp3) is 0.524. The number of carboxylic acids is 1. The van der Waals surface area contributed by atoms with Crippen LogP contribution in [0.2, 0.25) is 0 Å². The first-order valence-electron chi connectivity index (χ1n) is 9.99. The largest absolute Gasteiger partial charge is 0.478 e. The van der Waals surface area contributed by atoms with E-state index in [1.54, 1.807) is 26.8 Å². The highest BCUT2D eigenvalue weighted by molar-refractivity contribution is 5.90. The van der Waals surface area contributed by atoms with Crippen LogP contribution in [-0.2, 0) is 33.3 Å². The van der Waals surface area contributed by atoms with Crippen molar-refractivity contribution in [2.24, 2.45) is 0 Å². The van der Waals surface area contributed by atoms with Gasteiger partial charge in [0.25, 0.3) is 0 Å². The van der Waals surface area contributed by atoms with Gasteiger partial charge in [-0.1, -0.05) is 32.9 Å². The van der Waals surface area contributed by atoms with Crippen molar-refractivity contribution in [3.05, 3.63) is 29.8 Å². The molecule has 0 aliphatic carbocycles. The van der Waals surface area contributed by atoms with Crippen LogP contribution in [0.1, 0.15) is 50.4 Å². The summed E-state index contributed by atoms with van der Waals surface area (Å²) in [5, 5.41) is 9.38. The number of carbonyl (C=O) groups is 4. The summed E-state index contributed by atoms with van der Waals surface area (Å²) in [6.45, 7) is 4.54. The van der Waals surface area contributed by atoms with E-state index in [1.165, 1.54) is 18.2 Å². The molecule has 0 spiro atoms. The van der Waals surface area contributed by atoms with E-state index < -0.39 is 48.5 Å². The van der Waals surface area contributed by atoms with Crippen LogP contribution in [-0.4, -0.2) is 60.2 Å². The molecular formula is C21H26O10. The lowest BCUT2D eigenvalue weighted by molar-refractivity contribution is -0.261. The van der Waals surface area contributed by atoms with Crippen LogP contribution < -0.4 is 4.74 Å². The van der Waals surface area contributed by atoms with Gasteiger partial charge in [0, 0.05) is 19.3 Å². The van der Waals surface area contributed by atoms with E-state index >= 15 is 0 Å². The Balaban J connectivity index is 2.38. The molecule has 2 rings (SSSR count).